The van der Waals surface area contributed by atoms with Crippen LogP contribution in [0.5, 0.6) is 0 Å². The van der Waals surface area contributed by atoms with Crippen molar-refractivity contribution in [2.45, 2.75) is 13.3 Å². The summed E-state index contributed by atoms with van der Waals surface area (Å²) in [7, 11) is 0. The summed E-state index contributed by atoms with van der Waals surface area (Å²) in [6, 6.07) is 15.2. The van der Waals surface area contributed by atoms with Gasteiger partial charge in [-0.3, -0.25) is 9.59 Å². The van der Waals surface area contributed by atoms with Crippen LogP contribution in [0.25, 0.3) is 0 Å². The summed E-state index contributed by atoms with van der Waals surface area (Å²) in [6.07, 6.45) is 0.344. The van der Waals surface area contributed by atoms with Crippen molar-refractivity contribution in [2.24, 2.45) is 0 Å². The van der Waals surface area contributed by atoms with Gasteiger partial charge >= 0.3 is 0 Å². The van der Waals surface area contributed by atoms with Crippen LogP contribution in [-0.2, 0) is 20.7 Å². The Balaban J connectivity index is 1.62. The Morgan fingerprint density at radius 3 is 2.62 bits per heavy atom. The predicted octanol–water partition coefficient (Wildman–Crippen LogP) is 2.54. The number of nitrogens with one attached hydrogen (secondary N) is 1. The number of morpholine rings is 1. The summed E-state index contributed by atoms with van der Waals surface area (Å²) in [5.41, 5.74) is 3.66. The molecule has 1 fully saturated rings. The third-order valence-electron chi connectivity index (χ3n) is 4.06. The number of hydrogen-bond donors (Lipinski definition) is 1. The number of hydrogen-bond acceptors (Lipinski definition) is 3. The van der Waals surface area contributed by atoms with Gasteiger partial charge in [-0.05, 0) is 42.3 Å². The third-order valence-corrected chi connectivity index (χ3v) is 4.06. The number of rotatable bonds is 4. The van der Waals surface area contributed by atoms with Crippen LogP contribution < -0.4 is 10.2 Å². The van der Waals surface area contributed by atoms with Crippen molar-refractivity contribution in [2.75, 3.05) is 30.0 Å². The number of benzene rings is 2. The lowest BCUT2D eigenvalue weighted by atomic mass is 10.1. The Morgan fingerprint density at radius 1 is 1.17 bits per heavy atom. The molecule has 2 amide bonds. The van der Waals surface area contributed by atoms with Crippen molar-refractivity contribution in [3.05, 3.63) is 59.7 Å². The molecule has 1 aliphatic rings. The van der Waals surface area contributed by atoms with Crippen molar-refractivity contribution in [3.8, 4) is 0 Å². The standard InChI is InChI=1S/C19H20N2O3/c1-14-4-2-3-5-15(14)12-18(22)20-16-6-8-17(9-7-16)21-10-11-24-13-19(21)23/h2-9H,10-13H2,1H3,(H,20,22). The molecule has 2 aromatic carbocycles. The maximum Gasteiger partial charge on any atom is 0.253 e. The highest BCUT2D eigenvalue weighted by atomic mass is 16.5. The van der Waals surface area contributed by atoms with Crippen LogP contribution in [0.3, 0.4) is 0 Å². The number of nitrogens with zero attached hydrogens (tertiary/aromatic N) is 1. The zero-order valence-electron chi connectivity index (χ0n) is 13.6. The van der Waals surface area contributed by atoms with Gasteiger partial charge in [0.05, 0.1) is 13.0 Å². The van der Waals surface area contributed by atoms with E-state index in [1.165, 1.54) is 0 Å². The smallest absolute Gasteiger partial charge is 0.253 e. The number of anilines is 2. The lowest BCUT2D eigenvalue weighted by Crippen LogP contribution is -2.41. The van der Waals surface area contributed by atoms with Gasteiger partial charge in [0.1, 0.15) is 6.61 Å². The zero-order valence-corrected chi connectivity index (χ0v) is 13.6. The van der Waals surface area contributed by atoms with E-state index in [0.29, 0.717) is 19.6 Å². The van der Waals surface area contributed by atoms with Crippen LogP contribution in [-0.4, -0.2) is 31.6 Å². The monoisotopic (exact) mass is 324 g/mol. The fourth-order valence-electron chi connectivity index (χ4n) is 2.70. The average Bonchev–Trinajstić information content (AvgIpc) is 2.58. The summed E-state index contributed by atoms with van der Waals surface area (Å²) < 4.78 is 5.13. The molecular formula is C19H20N2O3. The first kappa shape index (κ1) is 16.2. The highest BCUT2D eigenvalue weighted by Gasteiger charge is 2.19. The molecule has 5 heteroatoms. The summed E-state index contributed by atoms with van der Waals surface area (Å²) in [6.45, 7) is 3.21. The first-order valence-corrected chi connectivity index (χ1v) is 7.96. The summed E-state index contributed by atoms with van der Waals surface area (Å²) in [5, 5.41) is 2.89. The normalized spacial score (nSPS) is 14.5. The topological polar surface area (TPSA) is 58.6 Å². The largest absolute Gasteiger partial charge is 0.370 e. The first-order chi connectivity index (χ1) is 11.6. The van der Waals surface area contributed by atoms with Gasteiger partial charge in [-0.1, -0.05) is 24.3 Å². The lowest BCUT2D eigenvalue weighted by Gasteiger charge is -2.26. The van der Waals surface area contributed by atoms with E-state index in [9.17, 15) is 9.59 Å². The first-order valence-electron chi connectivity index (χ1n) is 7.96. The van der Waals surface area contributed by atoms with Crippen molar-refractivity contribution in [1.29, 1.82) is 0 Å². The van der Waals surface area contributed by atoms with Crippen LogP contribution in [0.15, 0.2) is 48.5 Å². The molecular weight excluding hydrogens is 304 g/mol. The molecule has 0 aliphatic carbocycles. The van der Waals surface area contributed by atoms with Gasteiger partial charge in [0.25, 0.3) is 5.91 Å². The van der Waals surface area contributed by atoms with Crippen molar-refractivity contribution in [1.82, 2.24) is 0 Å². The molecule has 1 aliphatic heterocycles. The van der Waals surface area contributed by atoms with Crippen LogP contribution >= 0.6 is 0 Å². The maximum absolute atomic E-state index is 12.2. The number of aryl methyl sites for hydroxylation is 1. The third kappa shape index (κ3) is 3.81. The molecule has 3 rings (SSSR count). The Labute approximate surface area is 141 Å². The van der Waals surface area contributed by atoms with Crippen LogP contribution in [0.2, 0.25) is 0 Å². The fourth-order valence-corrected chi connectivity index (χ4v) is 2.70. The second kappa shape index (κ2) is 7.27. The van der Waals surface area contributed by atoms with Gasteiger partial charge in [-0.25, -0.2) is 0 Å². The molecule has 0 atom stereocenters. The summed E-state index contributed by atoms with van der Waals surface area (Å²) in [4.78, 5) is 25.7. The number of ether oxygens (including phenoxy) is 1. The molecule has 124 valence electrons. The molecule has 0 unspecified atom stereocenters. The molecule has 1 saturated heterocycles. The second-order valence-electron chi connectivity index (χ2n) is 5.80. The van der Waals surface area contributed by atoms with E-state index in [1.54, 1.807) is 4.90 Å². The molecule has 5 nitrogen and oxygen atoms in total. The van der Waals surface area contributed by atoms with E-state index in [4.69, 9.17) is 4.74 Å². The average molecular weight is 324 g/mol. The Morgan fingerprint density at radius 2 is 1.92 bits per heavy atom. The number of carbonyl (C=O) groups excluding carboxylic acids is 2. The summed E-state index contributed by atoms with van der Waals surface area (Å²) >= 11 is 0. The minimum Gasteiger partial charge on any atom is -0.370 e. The number of amides is 2. The van der Waals surface area contributed by atoms with Crippen molar-refractivity contribution < 1.29 is 14.3 Å². The van der Waals surface area contributed by atoms with Gasteiger partial charge in [-0.15, -0.1) is 0 Å². The highest BCUT2D eigenvalue weighted by molar-refractivity contribution is 5.96. The van der Waals surface area contributed by atoms with E-state index < -0.39 is 0 Å². The van der Waals surface area contributed by atoms with Crippen LogP contribution in [0, 0.1) is 6.92 Å². The van der Waals surface area contributed by atoms with Crippen LogP contribution in [0.4, 0.5) is 11.4 Å². The molecule has 2 aromatic rings. The quantitative estimate of drug-likeness (QED) is 0.940. The van der Waals surface area contributed by atoms with Crippen molar-refractivity contribution in [3.63, 3.8) is 0 Å². The van der Waals surface area contributed by atoms with E-state index in [0.717, 1.165) is 22.5 Å². The minimum atomic E-state index is -0.0560. The van der Waals surface area contributed by atoms with Crippen LogP contribution in [0.1, 0.15) is 11.1 Å². The lowest BCUT2D eigenvalue weighted by molar-refractivity contribution is -0.125. The van der Waals surface area contributed by atoms with Crippen molar-refractivity contribution >= 4 is 23.2 Å². The Bertz CT molecular complexity index is 741. The molecule has 1 N–H and O–H groups in total. The highest BCUT2D eigenvalue weighted by Crippen LogP contribution is 2.20. The second-order valence-corrected chi connectivity index (χ2v) is 5.80. The summed E-state index contributed by atoms with van der Waals surface area (Å²) in [5.74, 6) is -0.0999. The van der Waals surface area contributed by atoms with Gasteiger partial charge in [0.15, 0.2) is 0 Å². The Kier molecular flexibility index (Phi) is 4.91. The van der Waals surface area contributed by atoms with Gasteiger partial charge < -0.3 is 15.0 Å². The van der Waals surface area contributed by atoms with E-state index in [2.05, 4.69) is 5.32 Å². The Hall–Kier alpha value is -2.66. The van der Waals surface area contributed by atoms with E-state index in [1.807, 2.05) is 55.5 Å². The predicted molar refractivity (Wildman–Crippen MR) is 93.1 cm³/mol. The minimum absolute atomic E-state index is 0.0439. The van der Waals surface area contributed by atoms with Gasteiger partial charge in [-0.2, -0.15) is 0 Å². The number of carbonyl (C=O) groups is 2. The molecule has 1 heterocycles. The maximum atomic E-state index is 12.2. The fraction of sp³-hybridized carbons (Fsp3) is 0.263. The molecule has 0 aromatic heterocycles. The SMILES string of the molecule is Cc1ccccc1CC(=O)Nc1ccc(N2CCOCC2=O)cc1. The van der Waals surface area contributed by atoms with E-state index >= 15 is 0 Å². The van der Waals surface area contributed by atoms with Gasteiger partial charge in [0.2, 0.25) is 5.91 Å². The zero-order chi connectivity index (χ0) is 16.9. The van der Waals surface area contributed by atoms with E-state index in [-0.39, 0.29) is 18.4 Å². The van der Waals surface area contributed by atoms with Gasteiger partial charge in [0, 0.05) is 17.9 Å². The molecule has 0 radical (unpaired) electrons. The molecule has 0 saturated carbocycles. The molecule has 0 bridgehead atoms. The molecule has 0 spiro atoms. The molecule has 24 heavy (non-hydrogen) atoms.